The van der Waals surface area contributed by atoms with Crippen molar-refractivity contribution in [2.45, 2.75) is 77.9 Å². The zero-order chi connectivity index (χ0) is 17.9. The Bertz CT molecular complexity index is 386. The van der Waals surface area contributed by atoms with E-state index in [-0.39, 0.29) is 24.0 Å². The van der Waals surface area contributed by atoms with Gasteiger partial charge in [-0.2, -0.15) is 0 Å². The van der Waals surface area contributed by atoms with Crippen molar-refractivity contribution in [3.8, 4) is 0 Å². The number of hydrogen-bond donors (Lipinski definition) is 1. The molecule has 1 unspecified atom stereocenters. The summed E-state index contributed by atoms with van der Waals surface area (Å²) in [5, 5.41) is 3.47. The molecule has 2 aliphatic rings. The molecule has 2 fully saturated rings. The van der Waals surface area contributed by atoms with Crippen LogP contribution in [0.5, 0.6) is 0 Å². The monoisotopic (exact) mass is 480 g/mol. The summed E-state index contributed by atoms with van der Waals surface area (Å²) in [4.78, 5) is 9.95. The minimum absolute atomic E-state index is 0. The number of nitrogens with one attached hydrogen (secondary N) is 1. The highest BCUT2D eigenvalue weighted by Gasteiger charge is 2.21. The highest BCUT2D eigenvalue weighted by atomic mass is 127. The van der Waals surface area contributed by atoms with Crippen LogP contribution in [0.1, 0.15) is 65.7 Å². The van der Waals surface area contributed by atoms with Crippen molar-refractivity contribution in [3.63, 3.8) is 0 Å². The van der Waals surface area contributed by atoms with Gasteiger partial charge in [0.25, 0.3) is 0 Å². The first-order chi connectivity index (χ1) is 12.2. The summed E-state index contributed by atoms with van der Waals surface area (Å²) in [5.74, 6) is 1.10. The van der Waals surface area contributed by atoms with Crippen molar-refractivity contribution in [1.82, 2.24) is 15.1 Å². The predicted octanol–water partition coefficient (Wildman–Crippen LogP) is 3.73. The SMILES string of the molecule is CCNC(=NCCCCN1CCCCC1C)N1CCC(OCC)CC1.I. The fraction of sp³-hybridized carbons (Fsp3) is 0.950. The molecule has 0 aromatic carbocycles. The van der Waals surface area contributed by atoms with Crippen molar-refractivity contribution >= 4 is 29.9 Å². The molecule has 0 aromatic heterocycles. The maximum absolute atomic E-state index is 5.76. The van der Waals surface area contributed by atoms with E-state index in [0.29, 0.717) is 6.10 Å². The molecule has 0 amide bonds. The average molecular weight is 480 g/mol. The Hall–Kier alpha value is -0.0800. The molecule has 5 nitrogen and oxygen atoms in total. The first kappa shape index (κ1) is 24.0. The molecule has 2 heterocycles. The van der Waals surface area contributed by atoms with Gasteiger partial charge in [0.05, 0.1) is 6.10 Å². The van der Waals surface area contributed by atoms with E-state index in [2.05, 4.69) is 35.9 Å². The predicted molar refractivity (Wildman–Crippen MR) is 122 cm³/mol. The van der Waals surface area contributed by atoms with Crippen LogP contribution in [-0.4, -0.2) is 73.8 Å². The summed E-state index contributed by atoms with van der Waals surface area (Å²) in [6.45, 7) is 14.0. The van der Waals surface area contributed by atoms with Crippen LogP contribution in [0, 0.1) is 0 Å². The number of hydrogen-bond acceptors (Lipinski definition) is 3. The lowest BCUT2D eigenvalue weighted by Crippen LogP contribution is -2.47. The highest BCUT2D eigenvalue weighted by Crippen LogP contribution is 2.17. The molecule has 2 saturated heterocycles. The van der Waals surface area contributed by atoms with Crippen LogP contribution >= 0.6 is 24.0 Å². The van der Waals surface area contributed by atoms with E-state index in [9.17, 15) is 0 Å². The van der Waals surface area contributed by atoms with E-state index < -0.39 is 0 Å². The number of aliphatic imine (C=N–C) groups is 1. The number of guanidine groups is 1. The lowest BCUT2D eigenvalue weighted by Gasteiger charge is -2.34. The van der Waals surface area contributed by atoms with Crippen molar-refractivity contribution < 1.29 is 4.74 Å². The minimum atomic E-state index is 0. The van der Waals surface area contributed by atoms with Gasteiger partial charge >= 0.3 is 0 Å². The quantitative estimate of drug-likeness (QED) is 0.249. The Kier molecular flexibility index (Phi) is 12.9. The molecule has 26 heavy (non-hydrogen) atoms. The highest BCUT2D eigenvalue weighted by molar-refractivity contribution is 14.0. The molecule has 0 spiro atoms. The van der Waals surface area contributed by atoms with E-state index in [4.69, 9.17) is 9.73 Å². The van der Waals surface area contributed by atoms with Gasteiger partial charge in [-0.1, -0.05) is 6.42 Å². The van der Waals surface area contributed by atoms with Crippen LogP contribution in [0.3, 0.4) is 0 Å². The topological polar surface area (TPSA) is 40.1 Å². The maximum Gasteiger partial charge on any atom is 0.193 e. The lowest BCUT2D eigenvalue weighted by atomic mass is 10.0. The van der Waals surface area contributed by atoms with Gasteiger partial charge in [0.2, 0.25) is 0 Å². The zero-order valence-electron chi connectivity index (χ0n) is 17.2. The lowest BCUT2D eigenvalue weighted by molar-refractivity contribution is 0.0264. The van der Waals surface area contributed by atoms with Gasteiger partial charge in [-0.25, -0.2) is 0 Å². The van der Waals surface area contributed by atoms with Crippen LogP contribution in [0.15, 0.2) is 4.99 Å². The van der Waals surface area contributed by atoms with Gasteiger partial charge in [-0.15, -0.1) is 24.0 Å². The summed E-state index contributed by atoms with van der Waals surface area (Å²) >= 11 is 0. The molecule has 0 aliphatic carbocycles. The molecule has 0 saturated carbocycles. The molecule has 154 valence electrons. The Morgan fingerprint density at radius 2 is 1.85 bits per heavy atom. The fourth-order valence-corrected chi connectivity index (χ4v) is 4.00. The van der Waals surface area contributed by atoms with E-state index in [1.807, 2.05) is 0 Å². The summed E-state index contributed by atoms with van der Waals surface area (Å²) in [6, 6.07) is 0.779. The van der Waals surface area contributed by atoms with Gasteiger partial charge in [-0.3, -0.25) is 4.99 Å². The Morgan fingerprint density at radius 3 is 2.50 bits per heavy atom. The molecule has 0 radical (unpaired) electrons. The fourth-order valence-electron chi connectivity index (χ4n) is 4.00. The van der Waals surface area contributed by atoms with Gasteiger partial charge in [0.15, 0.2) is 5.96 Å². The van der Waals surface area contributed by atoms with E-state index >= 15 is 0 Å². The van der Waals surface area contributed by atoms with Gasteiger partial charge in [-0.05, 0) is 72.4 Å². The van der Waals surface area contributed by atoms with Crippen molar-refractivity contribution in [3.05, 3.63) is 0 Å². The van der Waals surface area contributed by atoms with Crippen molar-refractivity contribution in [1.29, 1.82) is 0 Å². The second kappa shape index (κ2) is 14.0. The summed E-state index contributed by atoms with van der Waals surface area (Å²) in [6.07, 6.45) is 9.29. The van der Waals surface area contributed by atoms with E-state index in [1.165, 1.54) is 45.2 Å². The number of halogens is 1. The van der Waals surface area contributed by atoms with Gasteiger partial charge in [0.1, 0.15) is 0 Å². The van der Waals surface area contributed by atoms with Crippen LogP contribution in [0.4, 0.5) is 0 Å². The Labute approximate surface area is 178 Å². The number of unbranched alkanes of at least 4 members (excludes halogenated alkanes) is 1. The number of likely N-dealkylation sites (tertiary alicyclic amines) is 2. The molecule has 0 aromatic rings. The molecule has 2 aliphatic heterocycles. The van der Waals surface area contributed by atoms with Crippen LogP contribution in [0.2, 0.25) is 0 Å². The van der Waals surface area contributed by atoms with Crippen LogP contribution in [0.25, 0.3) is 0 Å². The third kappa shape index (κ3) is 8.30. The molecule has 1 atom stereocenters. The van der Waals surface area contributed by atoms with Gasteiger partial charge < -0.3 is 19.9 Å². The number of ether oxygens (including phenoxy) is 1. The van der Waals surface area contributed by atoms with E-state index in [1.54, 1.807) is 0 Å². The molecular weight excluding hydrogens is 439 g/mol. The van der Waals surface area contributed by atoms with Crippen molar-refractivity contribution in [2.24, 2.45) is 4.99 Å². The molecule has 1 N–H and O–H groups in total. The molecular formula is C20H41IN4O. The zero-order valence-corrected chi connectivity index (χ0v) is 19.5. The van der Waals surface area contributed by atoms with Crippen molar-refractivity contribution in [2.75, 3.05) is 45.9 Å². The first-order valence-corrected chi connectivity index (χ1v) is 10.6. The van der Waals surface area contributed by atoms with Gasteiger partial charge in [0, 0.05) is 38.8 Å². The maximum atomic E-state index is 5.76. The molecule has 2 rings (SSSR count). The first-order valence-electron chi connectivity index (χ1n) is 10.6. The number of rotatable bonds is 8. The third-order valence-electron chi connectivity index (χ3n) is 5.53. The third-order valence-corrected chi connectivity index (χ3v) is 5.53. The largest absolute Gasteiger partial charge is 0.378 e. The standard InChI is InChI=1S/C20H40N4O.HI/c1-4-21-20(24-16-11-19(12-17-24)25-5-2)22-13-7-9-15-23-14-8-6-10-18(23)3;/h18-19H,4-17H2,1-3H3,(H,21,22);1H. The number of piperidine rings is 2. The summed E-state index contributed by atoms with van der Waals surface area (Å²) < 4.78 is 5.76. The second-order valence-corrected chi connectivity index (χ2v) is 7.47. The average Bonchev–Trinajstić information content (AvgIpc) is 2.63. The van der Waals surface area contributed by atoms with E-state index in [0.717, 1.165) is 57.6 Å². The van der Waals surface area contributed by atoms with Crippen LogP contribution in [-0.2, 0) is 4.74 Å². The van der Waals surface area contributed by atoms with Crippen LogP contribution < -0.4 is 5.32 Å². The normalized spacial score (nSPS) is 23.0. The molecule has 6 heteroatoms. The number of nitrogens with zero attached hydrogens (tertiary/aromatic N) is 3. The molecule has 0 bridgehead atoms. The second-order valence-electron chi connectivity index (χ2n) is 7.47. The Morgan fingerprint density at radius 1 is 1.08 bits per heavy atom. The smallest absolute Gasteiger partial charge is 0.193 e. The summed E-state index contributed by atoms with van der Waals surface area (Å²) in [7, 11) is 0. The minimum Gasteiger partial charge on any atom is -0.378 e. The Balaban J connectivity index is 0.00000338. The summed E-state index contributed by atoms with van der Waals surface area (Å²) in [5.41, 5.74) is 0.